The van der Waals surface area contributed by atoms with E-state index in [9.17, 15) is 9.59 Å². The summed E-state index contributed by atoms with van der Waals surface area (Å²) in [7, 11) is 1.00. The zero-order valence-electron chi connectivity index (χ0n) is 18.3. The summed E-state index contributed by atoms with van der Waals surface area (Å²) in [6.07, 6.45) is 21.0. The van der Waals surface area contributed by atoms with Gasteiger partial charge in [-0.1, -0.05) is 50.3 Å². The van der Waals surface area contributed by atoms with Crippen LogP contribution in [0.3, 0.4) is 0 Å². The predicted molar refractivity (Wildman–Crippen MR) is 121 cm³/mol. The van der Waals surface area contributed by atoms with Gasteiger partial charge in [-0.2, -0.15) is 0 Å². The summed E-state index contributed by atoms with van der Waals surface area (Å²) in [5.74, 6) is 0.938. The molecule has 0 bridgehead atoms. The zero-order valence-corrected chi connectivity index (χ0v) is 18.3. The van der Waals surface area contributed by atoms with E-state index in [0.717, 1.165) is 51.2 Å². The van der Waals surface area contributed by atoms with Crippen molar-refractivity contribution in [2.45, 2.75) is 65.2 Å². The largest absolute Gasteiger partial charge is 0.400 e. The van der Waals surface area contributed by atoms with Crippen molar-refractivity contribution in [3.05, 3.63) is 66.2 Å². The fourth-order valence-corrected chi connectivity index (χ4v) is 3.59. The van der Waals surface area contributed by atoms with Crippen LogP contribution in [0.25, 0.3) is 0 Å². The van der Waals surface area contributed by atoms with E-state index in [4.69, 9.17) is 5.11 Å². The molecular formula is C26H37O3. The number of hydrogen-bond acceptors (Lipinski definition) is 3. The van der Waals surface area contributed by atoms with Gasteiger partial charge in [0.1, 0.15) is 5.78 Å². The molecule has 159 valence electrons. The molecule has 2 atom stereocenters. The third kappa shape index (κ3) is 8.49. The van der Waals surface area contributed by atoms with Crippen molar-refractivity contribution < 1.29 is 14.7 Å². The van der Waals surface area contributed by atoms with Gasteiger partial charge in [0.05, 0.1) is 0 Å². The first-order valence-electron chi connectivity index (χ1n) is 10.8. The van der Waals surface area contributed by atoms with Gasteiger partial charge < -0.3 is 5.11 Å². The molecule has 0 saturated heterocycles. The van der Waals surface area contributed by atoms with Gasteiger partial charge in [0.15, 0.2) is 5.78 Å². The van der Waals surface area contributed by atoms with Gasteiger partial charge in [0.25, 0.3) is 0 Å². The fraction of sp³-hybridized carbons (Fsp3) is 0.500. The molecule has 29 heavy (non-hydrogen) atoms. The van der Waals surface area contributed by atoms with Crippen LogP contribution < -0.4 is 0 Å². The minimum absolute atomic E-state index is 0.120. The van der Waals surface area contributed by atoms with Crippen LogP contribution in [0, 0.1) is 18.3 Å². The first-order chi connectivity index (χ1) is 14.1. The van der Waals surface area contributed by atoms with Crippen LogP contribution in [0.1, 0.15) is 65.2 Å². The SMILES string of the molecule is C=CC(CC=CCC(=O)CC)CC1=C(C2=C[CH]2)CCC(C/C=C\CC)C1=O.CO. The molecule has 0 aromatic heterocycles. The lowest BCUT2D eigenvalue weighted by Gasteiger charge is -2.26. The molecule has 0 saturated carbocycles. The minimum Gasteiger partial charge on any atom is -0.400 e. The summed E-state index contributed by atoms with van der Waals surface area (Å²) < 4.78 is 0. The molecule has 1 radical (unpaired) electrons. The van der Waals surface area contributed by atoms with Gasteiger partial charge in [-0.25, -0.2) is 0 Å². The van der Waals surface area contributed by atoms with Crippen molar-refractivity contribution in [1.29, 1.82) is 0 Å². The van der Waals surface area contributed by atoms with Crippen LogP contribution in [-0.2, 0) is 9.59 Å². The van der Waals surface area contributed by atoms with E-state index in [1.165, 1.54) is 11.1 Å². The highest BCUT2D eigenvalue weighted by Crippen LogP contribution is 2.41. The van der Waals surface area contributed by atoms with Crippen molar-refractivity contribution in [3.8, 4) is 0 Å². The van der Waals surface area contributed by atoms with E-state index in [2.05, 4.69) is 44.2 Å². The smallest absolute Gasteiger partial charge is 0.162 e. The molecule has 0 aromatic rings. The second-order valence-electron chi connectivity index (χ2n) is 7.46. The lowest BCUT2D eigenvalue weighted by atomic mass is 9.76. The van der Waals surface area contributed by atoms with Gasteiger partial charge in [-0.05, 0) is 61.2 Å². The van der Waals surface area contributed by atoms with E-state index in [0.29, 0.717) is 18.6 Å². The number of ketones is 2. The average molecular weight is 398 g/mol. The summed E-state index contributed by atoms with van der Waals surface area (Å²) in [6.45, 7) is 7.99. The van der Waals surface area contributed by atoms with Crippen LogP contribution >= 0.6 is 0 Å². The molecular weight excluding hydrogens is 360 g/mol. The quantitative estimate of drug-likeness (QED) is 0.418. The molecule has 0 aromatic carbocycles. The normalized spacial score (nSPS) is 19.8. The fourth-order valence-electron chi connectivity index (χ4n) is 3.59. The molecule has 0 aliphatic heterocycles. The lowest BCUT2D eigenvalue weighted by Crippen LogP contribution is -2.24. The topological polar surface area (TPSA) is 54.4 Å². The van der Waals surface area contributed by atoms with E-state index in [1.807, 2.05) is 19.1 Å². The van der Waals surface area contributed by atoms with Gasteiger partial charge in [0, 0.05) is 32.3 Å². The number of carbonyl (C=O) groups excluding carboxylic acids is 2. The maximum Gasteiger partial charge on any atom is 0.162 e. The Hall–Kier alpha value is -2.00. The van der Waals surface area contributed by atoms with Crippen molar-refractivity contribution in [1.82, 2.24) is 0 Å². The highest BCUT2D eigenvalue weighted by atomic mass is 16.2. The van der Waals surface area contributed by atoms with Crippen molar-refractivity contribution in [3.63, 3.8) is 0 Å². The third-order valence-electron chi connectivity index (χ3n) is 5.43. The number of aliphatic hydroxyl groups excluding tert-OH is 1. The Morgan fingerprint density at radius 2 is 1.97 bits per heavy atom. The highest BCUT2D eigenvalue weighted by Gasteiger charge is 2.32. The van der Waals surface area contributed by atoms with E-state index < -0.39 is 0 Å². The molecule has 3 nitrogen and oxygen atoms in total. The summed E-state index contributed by atoms with van der Waals surface area (Å²) >= 11 is 0. The molecule has 2 aliphatic carbocycles. The maximum atomic E-state index is 13.1. The van der Waals surface area contributed by atoms with Crippen LogP contribution in [0.2, 0.25) is 0 Å². The number of allylic oxidation sites excluding steroid dienone is 9. The first kappa shape index (κ1) is 25.0. The Labute approximate surface area is 177 Å². The van der Waals surface area contributed by atoms with Crippen LogP contribution in [0.5, 0.6) is 0 Å². The molecule has 2 aliphatic rings. The minimum atomic E-state index is 0.120. The molecule has 0 heterocycles. The third-order valence-corrected chi connectivity index (χ3v) is 5.43. The second-order valence-corrected chi connectivity index (χ2v) is 7.46. The Morgan fingerprint density at radius 3 is 2.55 bits per heavy atom. The summed E-state index contributed by atoms with van der Waals surface area (Å²) in [4.78, 5) is 24.6. The average Bonchev–Trinajstić information content (AvgIpc) is 3.59. The Morgan fingerprint density at radius 1 is 1.24 bits per heavy atom. The van der Waals surface area contributed by atoms with Gasteiger partial charge in [-0.3, -0.25) is 9.59 Å². The van der Waals surface area contributed by atoms with E-state index in [1.54, 1.807) is 0 Å². The first-order valence-corrected chi connectivity index (χ1v) is 10.8. The molecule has 0 fully saturated rings. The number of carbonyl (C=O) groups is 2. The Balaban J connectivity index is 0.00000204. The molecule has 2 rings (SSSR count). The van der Waals surface area contributed by atoms with Crippen LogP contribution in [-0.4, -0.2) is 23.8 Å². The number of Topliss-reactive ketones (excluding diaryl/α,β-unsaturated/α-hetero) is 2. The Bertz CT molecular complexity index is 676. The summed E-state index contributed by atoms with van der Waals surface area (Å²) in [5.41, 5.74) is 3.53. The zero-order chi connectivity index (χ0) is 21.6. The molecule has 3 heteroatoms. The van der Waals surface area contributed by atoms with Crippen LogP contribution in [0.15, 0.2) is 59.8 Å². The summed E-state index contributed by atoms with van der Waals surface area (Å²) in [6, 6.07) is 0. The Kier molecular flexibility index (Phi) is 12.1. The molecule has 2 unspecified atom stereocenters. The van der Waals surface area contributed by atoms with E-state index >= 15 is 0 Å². The second kappa shape index (κ2) is 14.1. The molecule has 1 N–H and O–H groups in total. The number of rotatable bonds is 12. The molecule has 0 spiro atoms. The van der Waals surface area contributed by atoms with E-state index in [-0.39, 0.29) is 17.6 Å². The van der Waals surface area contributed by atoms with Crippen molar-refractivity contribution in [2.75, 3.05) is 7.11 Å². The van der Waals surface area contributed by atoms with Gasteiger partial charge >= 0.3 is 0 Å². The van der Waals surface area contributed by atoms with Crippen molar-refractivity contribution >= 4 is 11.6 Å². The lowest BCUT2D eigenvalue weighted by molar-refractivity contribution is -0.120. The number of aliphatic hydroxyl groups is 1. The van der Waals surface area contributed by atoms with Gasteiger partial charge in [-0.15, -0.1) is 6.58 Å². The standard InChI is InChI=1S/C25H33O2.CH4O/c1-4-7-8-12-21-16-17-23(20-14-15-20)24(25(21)27)18-19(5-2)11-9-10-13-22(26)6-3;1-2/h5,7-10,14-15,19,21H,2,4,6,11-13,16-18H2,1,3H3;2H,1H3/b8-7-,10-9?;. The van der Waals surface area contributed by atoms with Crippen molar-refractivity contribution in [2.24, 2.45) is 11.8 Å². The maximum absolute atomic E-state index is 13.1. The monoisotopic (exact) mass is 397 g/mol. The number of hydrogen-bond donors (Lipinski definition) is 1. The summed E-state index contributed by atoms with van der Waals surface area (Å²) in [5, 5.41) is 7.00. The predicted octanol–water partition coefficient (Wildman–Crippen LogP) is 5.88. The molecule has 0 amide bonds. The van der Waals surface area contributed by atoms with Crippen LogP contribution in [0.4, 0.5) is 0 Å². The van der Waals surface area contributed by atoms with Gasteiger partial charge in [0.2, 0.25) is 0 Å². The highest BCUT2D eigenvalue weighted by molar-refractivity contribution is 6.00.